The van der Waals surface area contributed by atoms with E-state index in [0.29, 0.717) is 5.41 Å². The zero-order chi connectivity index (χ0) is 11.8. The van der Waals surface area contributed by atoms with Gasteiger partial charge in [-0.2, -0.15) is 0 Å². The SMILES string of the molecule is COC1C=CC2(CCC(C(C)(C)C)CC2)O1. The molecule has 1 spiro atoms. The third kappa shape index (κ3) is 2.33. The van der Waals surface area contributed by atoms with Gasteiger partial charge in [0.1, 0.15) is 0 Å². The normalized spacial score (nSPS) is 39.5. The molecule has 0 aromatic rings. The molecule has 1 atom stereocenters. The molecule has 2 heteroatoms. The van der Waals surface area contributed by atoms with Crippen molar-refractivity contribution in [1.82, 2.24) is 0 Å². The van der Waals surface area contributed by atoms with Crippen LogP contribution in [-0.4, -0.2) is 19.0 Å². The van der Waals surface area contributed by atoms with Gasteiger partial charge in [-0.1, -0.05) is 26.8 Å². The minimum absolute atomic E-state index is 0.0115. The van der Waals surface area contributed by atoms with Gasteiger partial charge in [0, 0.05) is 7.11 Å². The third-order valence-electron chi connectivity index (χ3n) is 4.20. The van der Waals surface area contributed by atoms with Crippen molar-refractivity contribution < 1.29 is 9.47 Å². The molecule has 1 fully saturated rings. The highest BCUT2D eigenvalue weighted by molar-refractivity contribution is 5.11. The molecule has 92 valence electrons. The third-order valence-corrected chi connectivity index (χ3v) is 4.20. The van der Waals surface area contributed by atoms with E-state index in [0.717, 1.165) is 18.8 Å². The summed E-state index contributed by atoms with van der Waals surface area (Å²) in [7, 11) is 1.70. The summed E-state index contributed by atoms with van der Waals surface area (Å²) in [6, 6.07) is 0. The van der Waals surface area contributed by atoms with Gasteiger partial charge in [-0.3, -0.25) is 0 Å². The van der Waals surface area contributed by atoms with Crippen molar-refractivity contribution in [2.75, 3.05) is 7.11 Å². The summed E-state index contributed by atoms with van der Waals surface area (Å²) in [5.74, 6) is 0.830. The molecule has 0 saturated heterocycles. The Kier molecular flexibility index (Phi) is 3.15. The van der Waals surface area contributed by atoms with Gasteiger partial charge >= 0.3 is 0 Å². The van der Waals surface area contributed by atoms with E-state index in [2.05, 4.69) is 32.9 Å². The molecule has 0 radical (unpaired) electrons. The first-order chi connectivity index (χ1) is 7.45. The molecule has 0 N–H and O–H groups in total. The monoisotopic (exact) mass is 224 g/mol. The molecule has 1 heterocycles. The molecule has 0 aromatic carbocycles. The molecule has 16 heavy (non-hydrogen) atoms. The maximum Gasteiger partial charge on any atom is 0.177 e. The number of hydrogen-bond donors (Lipinski definition) is 0. The van der Waals surface area contributed by atoms with E-state index >= 15 is 0 Å². The van der Waals surface area contributed by atoms with Crippen molar-refractivity contribution in [1.29, 1.82) is 0 Å². The molecular formula is C14H24O2. The highest BCUT2D eigenvalue weighted by atomic mass is 16.7. The lowest BCUT2D eigenvalue weighted by atomic mass is 9.68. The lowest BCUT2D eigenvalue weighted by Gasteiger charge is -2.41. The first kappa shape index (κ1) is 12.1. The van der Waals surface area contributed by atoms with Gasteiger partial charge in [0.25, 0.3) is 0 Å². The first-order valence-electron chi connectivity index (χ1n) is 6.35. The van der Waals surface area contributed by atoms with E-state index in [1.165, 1.54) is 12.8 Å². The van der Waals surface area contributed by atoms with Crippen molar-refractivity contribution in [3.05, 3.63) is 12.2 Å². The molecule has 1 saturated carbocycles. The van der Waals surface area contributed by atoms with Gasteiger partial charge in [0.15, 0.2) is 6.29 Å². The molecule has 1 unspecified atom stereocenters. The van der Waals surface area contributed by atoms with Crippen molar-refractivity contribution in [3.8, 4) is 0 Å². The quantitative estimate of drug-likeness (QED) is 0.634. The van der Waals surface area contributed by atoms with E-state index in [1.807, 2.05) is 0 Å². The van der Waals surface area contributed by atoms with Crippen molar-refractivity contribution in [2.45, 2.75) is 58.3 Å². The Balaban J connectivity index is 1.93. The lowest BCUT2D eigenvalue weighted by Crippen LogP contribution is -2.37. The molecule has 1 aliphatic heterocycles. The Morgan fingerprint density at radius 2 is 1.88 bits per heavy atom. The summed E-state index contributed by atoms with van der Waals surface area (Å²) in [4.78, 5) is 0. The van der Waals surface area contributed by atoms with Crippen LogP contribution in [0.4, 0.5) is 0 Å². The summed E-state index contributed by atoms with van der Waals surface area (Å²) in [6.45, 7) is 7.04. The largest absolute Gasteiger partial charge is 0.352 e. The van der Waals surface area contributed by atoms with Gasteiger partial charge in [0.05, 0.1) is 5.60 Å². The van der Waals surface area contributed by atoms with E-state index in [-0.39, 0.29) is 11.9 Å². The predicted molar refractivity (Wildman–Crippen MR) is 65.2 cm³/mol. The van der Waals surface area contributed by atoms with E-state index in [4.69, 9.17) is 9.47 Å². The minimum atomic E-state index is -0.119. The molecule has 0 bridgehead atoms. The summed E-state index contributed by atoms with van der Waals surface area (Å²) < 4.78 is 11.2. The van der Waals surface area contributed by atoms with Crippen LogP contribution in [0.5, 0.6) is 0 Å². The Bertz CT molecular complexity index is 267. The minimum Gasteiger partial charge on any atom is -0.352 e. The Hall–Kier alpha value is -0.340. The Morgan fingerprint density at radius 3 is 2.31 bits per heavy atom. The Morgan fingerprint density at radius 1 is 1.25 bits per heavy atom. The van der Waals surface area contributed by atoms with Gasteiger partial charge in [-0.25, -0.2) is 0 Å². The first-order valence-corrected chi connectivity index (χ1v) is 6.35. The molecule has 2 rings (SSSR count). The second-order valence-corrected chi connectivity index (χ2v) is 6.29. The van der Waals surface area contributed by atoms with Crippen LogP contribution in [0.15, 0.2) is 12.2 Å². The van der Waals surface area contributed by atoms with Gasteiger partial charge in [0.2, 0.25) is 0 Å². The number of hydrogen-bond acceptors (Lipinski definition) is 2. The fourth-order valence-corrected chi connectivity index (χ4v) is 2.95. The Labute approximate surface area is 99.0 Å². The number of rotatable bonds is 1. The van der Waals surface area contributed by atoms with Crippen LogP contribution in [0.2, 0.25) is 0 Å². The average Bonchev–Trinajstić information content (AvgIpc) is 2.61. The van der Waals surface area contributed by atoms with Crippen molar-refractivity contribution >= 4 is 0 Å². The number of methoxy groups -OCH3 is 1. The highest BCUT2D eigenvalue weighted by Gasteiger charge is 2.41. The molecule has 2 aliphatic rings. The second-order valence-electron chi connectivity index (χ2n) is 6.29. The van der Waals surface area contributed by atoms with E-state index in [1.54, 1.807) is 7.11 Å². The van der Waals surface area contributed by atoms with Crippen LogP contribution in [0, 0.1) is 11.3 Å². The maximum absolute atomic E-state index is 5.97. The molecule has 0 amide bonds. The zero-order valence-electron chi connectivity index (χ0n) is 11.0. The standard InChI is InChI=1S/C14H24O2/c1-13(2,3)11-5-8-14(9-6-11)10-7-12(15-4)16-14/h7,10-12H,5-6,8-9H2,1-4H3. The highest BCUT2D eigenvalue weighted by Crippen LogP contribution is 2.45. The van der Waals surface area contributed by atoms with Crippen LogP contribution < -0.4 is 0 Å². The topological polar surface area (TPSA) is 18.5 Å². The van der Waals surface area contributed by atoms with Crippen molar-refractivity contribution in [2.24, 2.45) is 11.3 Å². The van der Waals surface area contributed by atoms with Crippen LogP contribution >= 0.6 is 0 Å². The summed E-state index contributed by atoms with van der Waals surface area (Å²) in [5.41, 5.74) is 0.424. The molecular weight excluding hydrogens is 200 g/mol. The fourth-order valence-electron chi connectivity index (χ4n) is 2.95. The van der Waals surface area contributed by atoms with Crippen molar-refractivity contribution in [3.63, 3.8) is 0 Å². The summed E-state index contributed by atoms with van der Waals surface area (Å²) in [6.07, 6.45) is 8.98. The second kappa shape index (κ2) is 4.15. The van der Waals surface area contributed by atoms with E-state index in [9.17, 15) is 0 Å². The summed E-state index contributed by atoms with van der Waals surface area (Å²) in [5, 5.41) is 0. The maximum atomic E-state index is 5.97. The van der Waals surface area contributed by atoms with Gasteiger partial charge < -0.3 is 9.47 Å². The van der Waals surface area contributed by atoms with Crippen LogP contribution in [-0.2, 0) is 9.47 Å². The van der Waals surface area contributed by atoms with E-state index < -0.39 is 0 Å². The van der Waals surface area contributed by atoms with Gasteiger partial charge in [-0.05, 0) is 43.1 Å². The average molecular weight is 224 g/mol. The van der Waals surface area contributed by atoms with Crippen LogP contribution in [0.3, 0.4) is 0 Å². The molecule has 0 aromatic heterocycles. The molecule has 1 aliphatic carbocycles. The summed E-state index contributed by atoms with van der Waals surface area (Å²) >= 11 is 0. The smallest absolute Gasteiger partial charge is 0.177 e. The lowest BCUT2D eigenvalue weighted by molar-refractivity contribution is -0.156. The number of ether oxygens (including phenoxy) is 2. The fraction of sp³-hybridized carbons (Fsp3) is 0.857. The van der Waals surface area contributed by atoms with Crippen LogP contribution in [0.25, 0.3) is 0 Å². The van der Waals surface area contributed by atoms with Crippen LogP contribution in [0.1, 0.15) is 46.5 Å². The molecule has 2 nitrogen and oxygen atoms in total. The predicted octanol–water partition coefficient (Wildman–Crippen LogP) is 3.52. The van der Waals surface area contributed by atoms with Gasteiger partial charge in [-0.15, -0.1) is 0 Å². The zero-order valence-corrected chi connectivity index (χ0v) is 11.0.